The molecule has 0 saturated carbocycles. The predicted octanol–water partition coefficient (Wildman–Crippen LogP) is 2.20. The molecule has 24 heavy (non-hydrogen) atoms. The van der Waals surface area contributed by atoms with Gasteiger partial charge in [0.15, 0.2) is 0 Å². The van der Waals surface area contributed by atoms with Gasteiger partial charge in [0, 0.05) is 42.0 Å². The van der Waals surface area contributed by atoms with Gasteiger partial charge < -0.3 is 10.6 Å². The number of nitrogens with two attached hydrogens (primary N) is 1. The van der Waals surface area contributed by atoms with Crippen molar-refractivity contribution in [3.8, 4) is 0 Å². The molecule has 1 fully saturated rings. The number of rotatable bonds is 4. The second-order valence-electron chi connectivity index (χ2n) is 7.06. The minimum atomic E-state index is -2.96. The smallest absolute Gasteiger partial charge is 0.220 e. The standard InChI is InChI=1S/C17H24N4O2S/c1-10(2)13-5-6-15(14-7-19-17(18)20-16(13)14)21-8-12(11(21)3)9-24(4,22)23/h5-7,10-12H,8-9H2,1-4H3,(H2,18,19,20)/t11-,12-/m1/s1. The molecule has 1 aromatic heterocycles. The van der Waals surface area contributed by atoms with Gasteiger partial charge in [0.1, 0.15) is 9.84 Å². The highest BCUT2D eigenvalue weighted by molar-refractivity contribution is 7.90. The number of sulfone groups is 1. The summed E-state index contributed by atoms with van der Waals surface area (Å²) >= 11 is 0. The Bertz CT molecular complexity index is 880. The van der Waals surface area contributed by atoms with E-state index in [0.29, 0.717) is 5.92 Å². The van der Waals surface area contributed by atoms with E-state index in [9.17, 15) is 8.42 Å². The summed E-state index contributed by atoms with van der Waals surface area (Å²) in [6.45, 7) is 7.05. The molecule has 1 aromatic carbocycles. The molecule has 0 aliphatic carbocycles. The van der Waals surface area contributed by atoms with Crippen LogP contribution >= 0.6 is 0 Å². The second kappa shape index (κ2) is 5.88. The molecule has 0 amide bonds. The van der Waals surface area contributed by atoms with Crippen LogP contribution in [-0.4, -0.2) is 43.0 Å². The van der Waals surface area contributed by atoms with Crippen molar-refractivity contribution in [2.75, 3.05) is 29.2 Å². The highest BCUT2D eigenvalue weighted by Gasteiger charge is 2.38. The summed E-state index contributed by atoms with van der Waals surface area (Å²) in [5.74, 6) is 1.00. The van der Waals surface area contributed by atoms with Gasteiger partial charge in [-0.2, -0.15) is 0 Å². The molecule has 0 radical (unpaired) electrons. The lowest BCUT2D eigenvalue weighted by atomic mass is 9.89. The lowest BCUT2D eigenvalue weighted by Gasteiger charge is -2.48. The van der Waals surface area contributed by atoms with Gasteiger partial charge in [0.05, 0.1) is 11.3 Å². The third kappa shape index (κ3) is 3.05. The monoisotopic (exact) mass is 348 g/mol. The van der Waals surface area contributed by atoms with Crippen LogP contribution < -0.4 is 10.6 Å². The number of benzene rings is 1. The van der Waals surface area contributed by atoms with E-state index in [0.717, 1.165) is 28.7 Å². The van der Waals surface area contributed by atoms with Crippen LogP contribution in [0.25, 0.3) is 10.9 Å². The number of fused-ring (bicyclic) bond motifs is 1. The van der Waals surface area contributed by atoms with Gasteiger partial charge in [-0.25, -0.2) is 18.4 Å². The zero-order valence-corrected chi connectivity index (χ0v) is 15.3. The number of anilines is 2. The molecule has 130 valence electrons. The summed E-state index contributed by atoms with van der Waals surface area (Å²) in [6.07, 6.45) is 3.07. The Labute approximate surface area is 143 Å². The van der Waals surface area contributed by atoms with Gasteiger partial charge >= 0.3 is 0 Å². The van der Waals surface area contributed by atoms with E-state index in [1.165, 1.54) is 6.26 Å². The van der Waals surface area contributed by atoms with Crippen molar-refractivity contribution in [3.63, 3.8) is 0 Å². The van der Waals surface area contributed by atoms with Crippen LogP contribution in [0.4, 0.5) is 11.6 Å². The molecule has 1 saturated heterocycles. The molecular weight excluding hydrogens is 324 g/mol. The minimum absolute atomic E-state index is 0.162. The Morgan fingerprint density at radius 2 is 2.08 bits per heavy atom. The van der Waals surface area contributed by atoms with Crippen LogP contribution in [0, 0.1) is 5.92 Å². The molecule has 0 bridgehead atoms. The highest BCUT2D eigenvalue weighted by Crippen LogP contribution is 2.38. The van der Waals surface area contributed by atoms with E-state index >= 15 is 0 Å². The van der Waals surface area contributed by atoms with Crippen LogP contribution in [0.15, 0.2) is 18.3 Å². The van der Waals surface area contributed by atoms with Crippen LogP contribution in [0.5, 0.6) is 0 Å². The molecular formula is C17H24N4O2S. The summed E-state index contributed by atoms with van der Waals surface area (Å²) in [5, 5.41) is 0.972. The summed E-state index contributed by atoms with van der Waals surface area (Å²) in [7, 11) is -2.96. The van der Waals surface area contributed by atoms with Crippen molar-refractivity contribution in [1.29, 1.82) is 0 Å². The molecule has 1 aliphatic heterocycles. The fourth-order valence-corrected chi connectivity index (χ4v) is 4.60. The second-order valence-corrected chi connectivity index (χ2v) is 9.25. The van der Waals surface area contributed by atoms with Crippen molar-refractivity contribution < 1.29 is 8.42 Å². The average Bonchev–Trinajstić information content (AvgIpc) is 2.48. The quantitative estimate of drug-likeness (QED) is 0.911. The number of aromatic nitrogens is 2. The van der Waals surface area contributed by atoms with Crippen molar-refractivity contribution in [3.05, 3.63) is 23.9 Å². The molecule has 3 rings (SSSR count). The Kier molecular flexibility index (Phi) is 4.15. The molecule has 0 spiro atoms. The van der Waals surface area contributed by atoms with Crippen molar-refractivity contribution in [2.45, 2.75) is 32.7 Å². The zero-order chi connectivity index (χ0) is 17.6. The zero-order valence-electron chi connectivity index (χ0n) is 14.5. The van der Waals surface area contributed by atoms with Crippen molar-refractivity contribution in [1.82, 2.24) is 9.97 Å². The highest BCUT2D eigenvalue weighted by atomic mass is 32.2. The van der Waals surface area contributed by atoms with Gasteiger partial charge in [-0.05, 0) is 24.5 Å². The SMILES string of the molecule is CC(C)c1ccc(N2C[C@H](CS(C)(=O)=O)[C@H]2C)c2cnc(N)nc12. The molecule has 2 heterocycles. The van der Waals surface area contributed by atoms with E-state index in [4.69, 9.17) is 5.73 Å². The van der Waals surface area contributed by atoms with Crippen molar-refractivity contribution in [2.24, 2.45) is 5.92 Å². The fraction of sp³-hybridized carbons (Fsp3) is 0.529. The van der Waals surface area contributed by atoms with Crippen LogP contribution in [0.2, 0.25) is 0 Å². The topological polar surface area (TPSA) is 89.2 Å². The van der Waals surface area contributed by atoms with E-state index in [1.807, 2.05) is 0 Å². The third-order valence-electron chi connectivity index (χ3n) is 4.83. The fourth-order valence-electron chi connectivity index (χ4n) is 3.44. The Morgan fingerprint density at radius 3 is 2.67 bits per heavy atom. The Morgan fingerprint density at radius 1 is 1.38 bits per heavy atom. The van der Waals surface area contributed by atoms with Gasteiger partial charge in [0.2, 0.25) is 5.95 Å². The molecule has 2 N–H and O–H groups in total. The van der Waals surface area contributed by atoms with Crippen LogP contribution in [0.1, 0.15) is 32.3 Å². The molecule has 1 aliphatic rings. The average molecular weight is 348 g/mol. The Balaban J connectivity index is 1.99. The van der Waals surface area contributed by atoms with Gasteiger partial charge in [0.25, 0.3) is 0 Å². The normalized spacial score (nSPS) is 21.3. The van der Waals surface area contributed by atoms with E-state index < -0.39 is 9.84 Å². The number of hydrogen-bond acceptors (Lipinski definition) is 6. The first-order chi connectivity index (χ1) is 11.2. The maximum Gasteiger partial charge on any atom is 0.220 e. The number of nitrogen functional groups attached to an aromatic ring is 1. The first-order valence-electron chi connectivity index (χ1n) is 8.17. The summed E-state index contributed by atoms with van der Waals surface area (Å²) < 4.78 is 23.1. The largest absolute Gasteiger partial charge is 0.368 e. The number of nitrogens with zero attached hydrogens (tertiary/aromatic N) is 3. The van der Waals surface area contributed by atoms with Crippen molar-refractivity contribution >= 4 is 32.4 Å². The van der Waals surface area contributed by atoms with E-state index in [2.05, 4.69) is 47.8 Å². The van der Waals surface area contributed by atoms with E-state index in [-0.39, 0.29) is 23.7 Å². The lowest BCUT2D eigenvalue weighted by Crippen LogP contribution is -2.57. The molecule has 6 nitrogen and oxygen atoms in total. The van der Waals surface area contributed by atoms with Crippen LogP contribution in [-0.2, 0) is 9.84 Å². The lowest BCUT2D eigenvalue weighted by molar-refractivity contribution is 0.342. The van der Waals surface area contributed by atoms with Gasteiger partial charge in [-0.15, -0.1) is 0 Å². The summed E-state index contributed by atoms with van der Waals surface area (Å²) in [4.78, 5) is 10.8. The Hall–Kier alpha value is -1.89. The first-order valence-corrected chi connectivity index (χ1v) is 10.2. The maximum absolute atomic E-state index is 11.5. The number of hydrogen-bond donors (Lipinski definition) is 1. The molecule has 2 atom stereocenters. The maximum atomic E-state index is 11.5. The van der Waals surface area contributed by atoms with Gasteiger partial charge in [-0.1, -0.05) is 19.9 Å². The first kappa shape index (κ1) is 17.0. The van der Waals surface area contributed by atoms with Gasteiger partial charge in [-0.3, -0.25) is 0 Å². The molecule has 2 aromatic rings. The van der Waals surface area contributed by atoms with Crippen LogP contribution in [0.3, 0.4) is 0 Å². The summed E-state index contributed by atoms with van der Waals surface area (Å²) in [5.41, 5.74) is 8.86. The third-order valence-corrected chi connectivity index (χ3v) is 5.86. The summed E-state index contributed by atoms with van der Waals surface area (Å²) in [6, 6.07) is 4.35. The minimum Gasteiger partial charge on any atom is -0.368 e. The predicted molar refractivity (Wildman–Crippen MR) is 98.0 cm³/mol. The molecule has 0 unspecified atom stereocenters. The molecule has 7 heteroatoms. The van der Waals surface area contributed by atoms with E-state index in [1.54, 1.807) is 6.20 Å².